The van der Waals surface area contributed by atoms with Crippen molar-refractivity contribution in [2.45, 2.75) is 65.2 Å². The second-order valence-electron chi connectivity index (χ2n) is 4.43. The van der Waals surface area contributed by atoms with Crippen LogP contribution < -0.4 is 10.2 Å². The Morgan fingerprint density at radius 2 is 1.10 bits per heavy atom. The van der Waals surface area contributed by atoms with Gasteiger partial charge in [-0.3, -0.25) is 0 Å². The molecule has 0 heterocycles. The topological polar surface area (TPSA) is 80.3 Å². The van der Waals surface area contributed by atoms with Gasteiger partial charge in [-0.25, -0.2) is 0 Å². The van der Waals surface area contributed by atoms with E-state index in [0.717, 1.165) is 50.7 Å². The summed E-state index contributed by atoms with van der Waals surface area (Å²) in [6, 6.07) is 0. The van der Waals surface area contributed by atoms with Gasteiger partial charge in [-0.15, -0.1) is 0 Å². The Balaban J connectivity index is -0.000000295. The van der Waals surface area contributed by atoms with Crippen LogP contribution in [0.5, 0.6) is 0 Å². The number of aliphatic carboxylic acids is 2. The van der Waals surface area contributed by atoms with E-state index in [-0.39, 0.29) is 23.9 Å². The molecule has 0 aliphatic carbocycles. The van der Waals surface area contributed by atoms with Gasteiger partial charge in [-0.2, -0.15) is 0 Å². The van der Waals surface area contributed by atoms with Crippen molar-refractivity contribution in [1.29, 1.82) is 0 Å². The predicted octanol–water partition coefficient (Wildman–Crippen LogP) is 1.36. The van der Waals surface area contributed by atoms with Gasteiger partial charge in [0.25, 0.3) is 0 Å². The average molecular weight is 401 g/mol. The van der Waals surface area contributed by atoms with E-state index in [4.69, 9.17) is 0 Å². The Hall–Kier alpha value is -0.781. The zero-order chi connectivity index (χ0) is 15.6. The van der Waals surface area contributed by atoms with Crippen LogP contribution in [0.1, 0.15) is 65.2 Å². The van der Waals surface area contributed by atoms with Crippen molar-refractivity contribution in [1.82, 2.24) is 0 Å². The fourth-order valence-electron chi connectivity index (χ4n) is 1.38. The molecule has 0 bridgehead atoms. The second kappa shape index (κ2) is 21.5. The van der Waals surface area contributed by atoms with E-state index in [9.17, 15) is 19.8 Å². The summed E-state index contributed by atoms with van der Waals surface area (Å²) in [6.07, 6.45) is 14.0. The molecule has 0 fully saturated rings. The maximum absolute atomic E-state index is 9.83. The van der Waals surface area contributed by atoms with E-state index >= 15 is 0 Å². The molecule has 0 saturated carbocycles. The van der Waals surface area contributed by atoms with Crippen molar-refractivity contribution < 1.29 is 19.8 Å². The third-order valence-electron chi connectivity index (χ3n) is 2.46. The van der Waals surface area contributed by atoms with Crippen LogP contribution in [0.3, 0.4) is 0 Å². The molecule has 0 aromatic rings. The van der Waals surface area contributed by atoms with Crippen LogP contribution in [0.15, 0.2) is 24.3 Å². The molecular formula is C16H26O4Sn. The van der Waals surface area contributed by atoms with E-state index in [2.05, 4.69) is 13.8 Å². The summed E-state index contributed by atoms with van der Waals surface area (Å²) < 4.78 is 0. The standard InChI is InChI=1S/2C8H14O2.Sn/c2*1-2-3-4-5-6-7-8(9)10;/h2*6-7H,2-5H2,1H3,(H,9,10);/q;;+2/p-2. The fraction of sp³-hybridized carbons (Fsp3) is 0.625. The number of carboxylic acids is 2. The molecule has 0 aliphatic rings. The van der Waals surface area contributed by atoms with E-state index < -0.39 is 11.9 Å². The van der Waals surface area contributed by atoms with Crippen molar-refractivity contribution in [2.75, 3.05) is 0 Å². The average Bonchev–Trinajstić information content (AvgIpc) is 2.38. The molecule has 0 aromatic carbocycles. The molecular weight excluding hydrogens is 375 g/mol. The van der Waals surface area contributed by atoms with E-state index in [0.29, 0.717) is 0 Å². The third kappa shape index (κ3) is 32.6. The Morgan fingerprint density at radius 3 is 1.33 bits per heavy atom. The zero-order valence-corrected chi connectivity index (χ0v) is 16.0. The predicted molar refractivity (Wildman–Crippen MR) is 82.3 cm³/mol. The van der Waals surface area contributed by atoms with Gasteiger partial charge in [-0.05, 0) is 37.8 Å². The SMILES string of the molecule is CCCCCC=CC(=O)[O-].CCCCCC=CC(=O)[O-].[Sn+2]. The minimum atomic E-state index is -1.10. The quantitative estimate of drug-likeness (QED) is 0.315. The Kier molecular flexibility index (Phi) is 25.8. The van der Waals surface area contributed by atoms with Gasteiger partial charge in [-0.1, -0.05) is 51.7 Å². The van der Waals surface area contributed by atoms with Gasteiger partial charge in [0.2, 0.25) is 0 Å². The van der Waals surface area contributed by atoms with Gasteiger partial charge in [0.1, 0.15) is 0 Å². The maximum atomic E-state index is 9.83. The Morgan fingerprint density at radius 1 is 0.762 bits per heavy atom. The number of carbonyl (C=O) groups is 2. The van der Waals surface area contributed by atoms with Crippen molar-refractivity contribution in [2.24, 2.45) is 0 Å². The normalized spacial score (nSPS) is 10.0. The molecule has 0 N–H and O–H groups in total. The first-order chi connectivity index (χ1) is 9.54. The monoisotopic (exact) mass is 402 g/mol. The molecule has 21 heavy (non-hydrogen) atoms. The molecule has 0 rings (SSSR count). The van der Waals surface area contributed by atoms with Gasteiger partial charge in [0.05, 0.1) is 11.9 Å². The number of hydrogen-bond donors (Lipinski definition) is 0. The van der Waals surface area contributed by atoms with Crippen molar-refractivity contribution >= 4 is 35.8 Å². The summed E-state index contributed by atoms with van der Waals surface area (Å²) in [5.74, 6) is -2.20. The molecule has 0 unspecified atom stereocenters. The Bertz CT molecular complexity index is 269. The summed E-state index contributed by atoms with van der Waals surface area (Å²) in [6.45, 7) is 4.23. The zero-order valence-electron chi connectivity index (χ0n) is 13.1. The minimum Gasteiger partial charge on any atom is -0.545 e. The van der Waals surface area contributed by atoms with Gasteiger partial charge < -0.3 is 19.8 Å². The molecule has 5 heteroatoms. The third-order valence-corrected chi connectivity index (χ3v) is 2.46. The molecule has 2 radical (unpaired) electrons. The van der Waals surface area contributed by atoms with Crippen molar-refractivity contribution in [3.63, 3.8) is 0 Å². The number of rotatable bonds is 10. The molecule has 0 aromatic heterocycles. The largest absolute Gasteiger partial charge is 2.00 e. The summed E-state index contributed by atoms with van der Waals surface area (Å²) >= 11 is 0. The summed E-state index contributed by atoms with van der Waals surface area (Å²) in [5.41, 5.74) is 0. The maximum Gasteiger partial charge on any atom is 2.00 e. The van der Waals surface area contributed by atoms with Gasteiger partial charge in [0.15, 0.2) is 0 Å². The van der Waals surface area contributed by atoms with Crippen LogP contribution in [-0.4, -0.2) is 35.8 Å². The van der Waals surface area contributed by atoms with E-state index in [1.807, 2.05) is 0 Å². The smallest absolute Gasteiger partial charge is 0.545 e. The second-order valence-corrected chi connectivity index (χ2v) is 4.43. The molecule has 0 aliphatic heterocycles. The van der Waals surface area contributed by atoms with E-state index in [1.165, 1.54) is 12.8 Å². The first kappa shape index (κ1) is 25.2. The molecule has 0 amide bonds. The number of hydrogen-bond acceptors (Lipinski definition) is 4. The molecule has 0 atom stereocenters. The number of carboxylic acid groups (broad SMARTS) is 2. The Labute approximate surface area is 145 Å². The van der Waals surface area contributed by atoms with Crippen LogP contribution in [0.4, 0.5) is 0 Å². The summed E-state index contributed by atoms with van der Waals surface area (Å²) in [5, 5.41) is 19.7. The molecule has 0 spiro atoms. The van der Waals surface area contributed by atoms with Crippen molar-refractivity contribution in [3.8, 4) is 0 Å². The molecule has 118 valence electrons. The minimum absolute atomic E-state index is 0. The van der Waals surface area contributed by atoms with Gasteiger partial charge >= 0.3 is 23.9 Å². The van der Waals surface area contributed by atoms with Crippen LogP contribution in [0.25, 0.3) is 0 Å². The first-order valence-corrected chi connectivity index (χ1v) is 7.29. The molecule has 4 nitrogen and oxygen atoms in total. The summed E-state index contributed by atoms with van der Waals surface area (Å²) in [4.78, 5) is 19.7. The number of carbonyl (C=O) groups excluding carboxylic acids is 2. The molecule has 0 saturated heterocycles. The van der Waals surface area contributed by atoms with E-state index in [1.54, 1.807) is 12.2 Å². The summed E-state index contributed by atoms with van der Waals surface area (Å²) in [7, 11) is 0. The van der Waals surface area contributed by atoms with Crippen LogP contribution in [0, 0.1) is 0 Å². The van der Waals surface area contributed by atoms with Gasteiger partial charge in [0, 0.05) is 0 Å². The van der Waals surface area contributed by atoms with Crippen LogP contribution >= 0.6 is 0 Å². The van der Waals surface area contributed by atoms with Crippen molar-refractivity contribution in [3.05, 3.63) is 24.3 Å². The number of unbranched alkanes of at least 4 members (excludes halogenated alkanes) is 6. The fourth-order valence-corrected chi connectivity index (χ4v) is 1.38. The van der Waals surface area contributed by atoms with Crippen LogP contribution in [-0.2, 0) is 9.59 Å². The first-order valence-electron chi connectivity index (χ1n) is 7.29. The van der Waals surface area contributed by atoms with Crippen LogP contribution in [0.2, 0.25) is 0 Å². The number of allylic oxidation sites excluding steroid dienone is 2.